The Morgan fingerprint density at radius 2 is 2.00 bits per heavy atom. The molecule has 0 radical (unpaired) electrons. The molecule has 0 aromatic rings. The number of carbonyl (C=O) groups is 1. The van der Waals surface area contributed by atoms with Crippen molar-refractivity contribution < 1.29 is 9.53 Å². The van der Waals surface area contributed by atoms with E-state index in [0.717, 1.165) is 0 Å². The van der Waals surface area contributed by atoms with Crippen LogP contribution in [-0.2, 0) is 9.53 Å². The monoisotopic (exact) mass is 210 g/mol. The molecule has 2 nitrogen and oxygen atoms in total. The summed E-state index contributed by atoms with van der Waals surface area (Å²) in [5.74, 6) is -0.306. The number of hydrogen-bond acceptors (Lipinski definition) is 2. The molecule has 0 heterocycles. The molecule has 70 valence electrons. The first-order valence-electron chi connectivity index (χ1n) is 3.54. The van der Waals surface area contributed by atoms with Gasteiger partial charge in [-0.3, -0.25) is 4.79 Å². The van der Waals surface area contributed by atoms with Crippen molar-refractivity contribution >= 4 is 29.2 Å². The molecular formula is C8H12Cl2O2. The molecule has 0 atom stereocenters. The Kier molecular flexibility index (Phi) is 4.64. The zero-order chi connectivity index (χ0) is 9.78. The molecule has 0 N–H and O–H groups in total. The molecule has 0 amide bonds. The summed E-state index contributed by atoms with van der Waals surface area (Å²) < 4.78 is 5.18. The summed E-state index contributed by atoms with van der Waals surface area (Å²) in [6, 6.07) is 0. The largest absolute Gasteiger partial charge is 0.460 e. The summed E-state index contributed by atoms with van der Waals surface area (Å²) in [6.07, 6.45) is 2.11. The van der Waals surface area contributed by atoms with E-state index in [1.807, 2.05) is 0 Å². The van der Waals surface area contributed by atoms with E-state index in [1.165, 1.54) is 6.92 Å². The summed E-state index contributed by atoms with van der Waals surface area (Å²) in [6.45, 7) is 4.96. The minimum Gasteiger partial charge on any atom is -0.460 e. The average Bonchev–Trinajstić information content (AvgIpc) is 1.81. The number of rotatable bonds is 3. The normalized spacial score (nSPS) is 10.8. The van der Waals surface area contributed by atoms with Gasteiger partial charge in [-0.15, -0.1) is 0 Å². The second-order valence-electron chi connectivity index (χ2n) is 3.05. The van der Waals surface area contributed by atoms with Crippen molar-refractivity contribution in [2.24, 2.45) is 0 Å². The zero-order valence-electron chi connectivity index (χ0n) is 7.36. The summed E-state index contributed by atoms with van der Waals surface area (Å²) in [7, 11) is 0. The molecule has 0 rings (SSSR count). The minimum atomic E-state index is -0.541. The highest BCUT2D eigenvalue weighted by molar-refractivity contribution is 6.55. The average molecular weight is 211 g/mol. The fourth-order valence-corrected chi connectivity index (χ4v) is 0.908. The van der Waals surface area contributed by atoms with Crippen LogP contribution in [0.25, 0.3) is 0 Å². The maximum atomic E-state index is 10.6. The number of esters is 1. The van der Waals surface area contributed by atoms with Crippen molar-refractivity contribution in [2.45, 2.75) is 32.8 Å². The van der Waals surface area contributed by atoms with Gasteiger partial charge in [0.15, 0.2) is 0 Å². The molecule has 0 aliphatic carbocycles. The summed E-state index contributed by atoms with van der Waals surface area (Å²) in [5.41, 5.74) is -0.541. The van der Waals surface area contributed by atoms with Crippen LogP contribution in [0.3, 0.4) is 0 Å². The second kappa shape index (κ2) is 4.73. The van der Waals surface area contributed by atoms with E-state index < -0.39 is 5.60 Å². The van der Waals surface area contributed by atoms with E-state index >= 15 is 0 Å². The molecule has 0 spiro atoms. The van der Waals surface area contributed by atoms with Crippen molar-refractivity contribution in [1.82, 2.24) is 0 Å². The molecule has 0 aromatic heterocycles. The van der Waals surface area contributed by atoms with Gasteiger partial charge in [-0.25, -0.2) is 0 Å². The Morgan fingerprint density at radius 1 is 1.50 bits per heavy atom. The van der Waals surface area contributed by atoms with E-state index in [0.29, 0.717) is 6.42 Å². The van der Waals surface area contributed by atoms with Gasteiger partial charge < -0.3 is 4.74 Å². The Morgan fingerprint density at radius 3 is 2.33 bits per heavy atom. The maximum Gasteiger partial charge on any atom is 0.303 e. The lowest BCUT2D eigenvalue weighted by Gasteiger charge is -2.22. The highest BCUT2D eigenvalue weighted by Gasteiger charge is 2.19. The van der Waals surface area contributed by atoms with Crippen LogP contribution in [0.4, 0.5) is 0 Å². The highest BCUT2D eigenvalue weighted by Crippen LogP contribution is 2.18. The van der Waals surface area contributed by atoms with E-state index in [4.69, 9.17) is 27.9 Å². The topological polar surface area (TPSA) is 26.3 Å². The summed E-state index contributed by atoms with van der Waals surface area (Å²) >= 11 is 10.8. The third kappa shape index (κ3) is 6.50. The van der Waals surface area contributed by atoms with Crippen LogP contribution >= 0.6 is 23.2 Å². The minimum absolute atomic E-state index is 0.190. The van der Waals surface area contributed by atoms with E-state index in [9.17, 15) is 4.79 Å². The Balaban J connectivity index is 4.04. The first kappa shape index (κ1) is 11.8. The highest BCUT2D eigenvalue weighted by atomic mass is 35.5. The van der Waals surface area contributed by atoms with Gasteiger partial charge in [-0.2, -0.15) is 0 Å². The van der Waals surface area contributed by atoms with Crippen molar-refractivity contribution in [3.8, 4) is 0 Å². The van der Waals surface area contributed by atoms with Crippen molar-refractivity contribution in [3.63, 3.8) is 0 Å². The van der Waals surface area contributed by atoms with Crippen LogP contribution in [0, 0.1) is 0 Å². The van der Waals surface area contributed by atoms with E-state index in [2.05, 4.69) is 0 Å². The maximum absolute atomic E-state index is 10.6. The second-order valence-corrected chi connectivity index (χ2v) is 4.06. The lowest BCUT2D eigenvalue weighted by Crippen LogP contribution is -2.25. The van der Waals surface area contributed by atoms with Crippen LogP contribution in [0.1, 0.15) is 27.2 Å². The fourth-order valence-electron chi connectivity index (χ4n) is 0.754. The first-order chi connectivity index (χ1) is 5.33. The molecule has 0 unspecified atom stereocenters. The zero-order valence-corrected chi connectivity index (χ0v) is 8.87. The van der Waals surface area contributed by atoms with Crippen LogP contribution in [0.5, 0.6) is 0 Å². The fraction of sp³-hybridized carbons (Fsp3) is 0.625. The van der Waals surface area contributed by atoms with Gasteiger partial charge in [0.2, 0.25) is 0 Å². The number of carbonyl (C=O) groups excluding carboxylic acids is 1. The van der Waals surface area contributed by atoms with Gasteiger partial charge in [0, 0.05) is 13.3 Å². The molecule has 12 heavy (non-hydrogen) atoms. The van der Waals surface area contributed by atoms with Crippen LogP contribution < -0.4 is 0 Å². The molecule has 0 aliphatic rings. The molecule has 0 aliphatic heterocycles. The van der Waals surface area contributed by atoms with Crippen LogP contribution in [0.2, 0.25) is 0 Å². The Bertz CT molecular complexity index is 193. The lowest BCUT2D eigenvalue weighted by atomic mass is 10.1. The van der Waals surface area contributed by atoms with E-state index in [-0.39, 0.29) is 10.5 Å². The molecule has 0 aromatic carbocycles. The first-order valence-corrected chi connectivity index (χ1v) is 4.30. The van der Waals surface area contributed by atoms with Gasteiger partial charge in [0.1, 0.15) is 10.1 Å². The molecular weight excluding hydrogens is 199 g/mol. The third-order valence-corrected chi connectivity index (χ3v) is 1.48. The van der Waals surface area contributed by atoms with Crippen molar-refractivity contribution in [1.29, 1.82) is 0 Å². The lowest BCUT2D eigenvalue weighted by molar-refractivity contribution is -0.153. The van der Waals surface area contributed by atoms with Gasteiger partial charge >= 0.3 is 5.97 Å². The van der Waals surface area contributed by atoms with Crippen molar-refractivity contribution in [3.05, 3.63) is 10.6 Å². The van der Waals surface area contributed by atoms with Gasteiger partial charge in [-0.1, -0.05) is 29.3 Å². The predicted molar refractivity (Wildman–Crippen MR) is 50.3 cm³/mol. The number of ether oxygens (including phenoxy) is 1. The molecule has 0 bridgehead atoms. The van der Waals surface area contributed by atoms with Crippen LogP contribution in [-0.4, -0.2) is 11.6 Å². The van der Waals surface area contributed by atoms with Gasteiger partial charge in [0.05, 0.1) is 0 Å². The van der Waals surface area contributed by atoms with Crippen molar-refractivity contribution in [2.75, 3.05) is 0 Å². The molecule has 0 fully saturated rings. The molecule has 0 saturated carbocycles. The van der Waals surface area contributed by atoms with Gasteiger partial charge in [0.25, 0.3) is 0 Å². The number of hydrogen-bond donors (Lipinski definition) is 0. The van der Waals surface area contributed by atoms with Gasteiger partial charge in [-0.05, 0) is 13.8 Å². The third-order valence-electron chi connectivity index (χ3n) is 1.17. The SMILES string of the molecule is CC(=O)OC(C)(C)CC=C(Cl)Cl. The quantitative estimate of drug-likeness (QED) is 0.670. The predicted octanol–water partition coefficient (Wildman–Crippen LogP) is 3.04. The number of halogens is 2. The van der Waals surface area contributed by atoms with Crippen LogP contribution in [0.15, 0.2) is 10.6 Å². The summed E-state index contributed by atoms with van der Waals surface area (Å²) in [5, 5.41) is 0. The standard InChI is InChI=1S/C8H12Cl2O2/c1-6(11)12-8(2,3)5-4-7(9)10/h4H,5H2,1-3H3. The molecule has 4 heteroatoms. The Hall–Kier alpha value is -0.210. The smallest absolute Gasteiger partial charge is 0.303 e. The molecule has 0 saturated heterocycles. The summed E-state index contributed by atoms with van der Waals surface area (Å²) in [4.78, 5) is 10.6. The Labute approximate surface area is 82.5 Å². The van der Waals surface area contributed by atoms with E-state index in [1.54, 1.807) is 19.9 Å².